The second kappa shape index (κ2) is 5.44. The van der Waals surface area contributed by atoms with Crippen molar-refractivity contribution in [1.82, 2.24) is 9.80 Å². The summed E-state index contributed by atoms with van der Waals surface area (Å²) >= 11 is 4.23. The van der Waals surface area contributed by atoms with Gasteiger partial charge in [-0.15, -0.1) is 12.6 Å². The van der Waals surface area contributed by atoms with Gasteiger partial charge in [0.05, 0.1) is 0 Å². The average molecular weight is 264 g/mol. The fourth-order valence-corrected chi connectivity index (χ4v) is 2.27. The normalized spacial score (nSPS) is 15.7. The highest BCUT2D eigenvalue weighted by Gasteiger charge is 2.23. The van der Waals surface area contributed by atoms with Crippen LogP contribution in [0.3, 0.4) is 0 Å². The van der Waals surface area contributed by atoms with Gasteiger partial charge in [0, 0.05) is 43.6 Å². The zero-order valence-electron chi connectivity index (χ0n) is 10.3. The molecule has 2 rings (SSSR count). The molecule has 0 bridgehead atoms. The molecule has 0 aromatic heterocycles. The van der Waals surface area contributed by atoms with Crippen molar-refractivity contribution in [1.29, 1.82) is 0 Å². The second-order valence-electron chi connectivity index (χ2n) is 4.35. The number of rotatable bonds is 1. The van der Waals surface area contributed by atoms with E-state index in [2.05, 4.69) is 12.6 Å². The quantitative estimate of drug-likeness (QED) is 0.776. The second-order valence-corrected chi connectivity index (χ2v) is 4.86. The molecule has 0 N–H and O–H groups in total. The van der Waals surface area contributed by atoms with Crippen molar-refractivity contribution < 1.29 is 9.59 Å². The Morgan fingerprint density at radius 1 is 1.11 bits per heavy atom. The molecule has 18 heavy (non-hydrogen) atoms. The third-order valence-corrected chi connectivity index (χ3v) is 3.38. The molecule has 1 aliphatic heterocycles. The molecular formula is C13H16N2O2S. The minimum Gasteiger partial charge on any atom is -0.339 e. The van der Waals surface area contributed by atoms with Gasteiger partial charge in [-0.1, -0.05) is 6.07 Å². The SMILES string of the molecule is CC(=O)N1CCN(C(=O)c2cccc(S)c2)CC1. The van der Waals surface area contributed by atoms with E-state index in [1.54, 1.807) is 28.9 Å². The van der Waals surface area contributed by atoms with Crippen molar-refractivity contribution in [3.8, 4) is 0 Å². The number of hydrogen-bond donors (Lipinski definition) is 1. The average Bonchev–Trinajstić information content (AvgIpc) is 2.38. The lowest BCUT2D eigenvalue weighted by molar-refractivity contribution is -0.130. The van der Waals surface area contributed by atoms with Crippen LogP contribution in [-0.2, 0) is 4.79 Å². The molecule has 1 heterocycles. The lowest BCUT2D eigenvalue weighted by Crippen LogP contribution is -2.50. The van der Waals surface area contributed by atoms with Gasteiger partial charge in [0.15, 0.2) is 0 Å². The zero-order chi connectivity index (χ0) is 13.1. The number of nitrogens with zero attached hydrogens (tertiary/aromatic N) is 2. The van der Waals surface area contributed by atoms with Crippen LogP contribution < -0.4 is 0 Å². The minimum absolute atomic E-state index is 0.00843. The molecule has 96 valence electrons. The summed E-state index contributed by atoms with van der Waals surface area (Å²) < 4.78 is 0. The summed E-state index contributed by atoms with van der Waals surface area (Å²) in [7, 11) is 0. The van der Waals surface area contributed by atoms with Crippen LogP contribution in [0.2, 0.25) is 0 Å². The summed E-state index contributed by atoms with van der Waals surface area (Å²) in [5.74, 6) is 0.0774. The van der Waals surface area contributed by atoms with Gasteiger partial charge in [-0.3, -0.25) is 9.59 Å². The minimum atomic E-state index is 0.00843. The first-order valence-corrected chi connectivity index (χ1v) is 6.36. The van der Waals surface area contributed by atoms with Crippen LogP contribution in [0, 0.1) is 0 Å². The van der Waals surface area contributed by atoms with Crippen molar-refractivity contribution in [2.45, 2.75) is 11.8 Å². The largest absolute Gasteiger partial charge is 0.339 e. The summed E-state index contributed by atoms with van der Waals surface area (Å²) in [5.41, 5.74) is 0.652. The van der Waals surface area contributed by atoms with E-state index < -0.39 is 0 Å². The predicted octanol–water partition coefficient (Wildman–Crippen LogP) is 1.28. The van der Waals surface area contributed by atoms with E-state index in [0.717, 1.165) is 4.90 Å². The molecule has 1 saturated heterocycles. The Bertz CT molecular complexity index is 468. The highest BCUT2D eigenvalue weighted by Crippen LogP contribution is 2.13. The summed E-state index contributed by atoms with van der Waals surface area (Å²) in [5, 5.41) is 0. The lowest BCUT2D eigenvalue weighted by Gasteiger charge is -2.34. The molecule has 0 unspecified atom stereocenters. The summed E-state index contributed by atoms with van der Waals surface area (Å²) in [6.45, 7) is 3.97. The molecule has 5 heteroatoms. The number of thiol groups is 1. The molecule has 2 amide bonds. The van der Waals surface area contributed by atoms with Crippen molar-refractivity contribution in [3.05, 3.63) is 29.8 Å². The summed E-state index contributed by atoms with van der Waals surface area (Å²) in [6.07, 6.45) is 0. The van der Waals surface area contributed by atoms with E-state index in [1.807, 2.05) is 12.1 Å². The van der Waals surface area contributed by atoms with E-state index in [0.29, 0.717) is 31.7 Å². The molecule has 0 radical (unpaired) electrons. The first kappa shape index (κ1) is 13.0. The molecule has 0 aliphatic carbocycles. The number of amides is 2. The fraction of sp³-hybridized carbons (Fsp3) is 0.385. The molecule has 0 atom stereocenters. The van der Waals surface area contributed by atoms with Crippen LogP contribution in [0.4, 0.5) is 0 Å². The van der Waals surface area contributed by atoms with Gasteiger partial charge < -0.3 is 9.80 Å². The van der Waals surface area contributed by atoms with Crippen molar-refractivity contribution in [2.75, 3.05) is 26.2 Å². The molecule has 4 nitrogen and oxygen atoms in total. The predicted molar refractivity (Wildman–Crippen MR) is 71.9 cm³/mol. The van der Waals surface area contributed by atoms with Crippen LogP contribution in [0.25, 0.3) is 0 Å². The van der Waals surface area contributed by atoms with Crippen LogP contribution in [-0.4, -0.2) is 47.8 Å². The molecule has 1 fully saturated rings. The monoisotopic (exact) mass is 264 g/mol. The zero-order valence-corrected chi connectivity index (χ0v) is 11.2. The Kier molecular flexibility index (Phi) is 3.91. The molecule has 1 aromatic carbocycles. The Morgan fingerprint density at radius 3 is 2.28 bits per heavy atom. The van der Waals surface area contributed by atoms with E-state index in [4.69, 9.17) is 0 Å². The van der Waals surface area contributed by atoms with E-state index in [1.165, 1.54) is 0 Å². The van der Waals surface area contributed by atoms with Crippen molar-refractivity contribution in [3.63, 3.8) is 0 Å². The molecule has 0 saturated carbocycles. The molecule has 1 aliphatic rings. The Balaban J connectivity index is 2.02. The molecule has 1 aromatic rings. The third-order valence-electron chi connectivity index (χ3n) is 3.11. The maximum Gasteiger partial charge on any atom is 0.254 e. The number of piperazine rings is 1. The van der Waals surface area contributed by atoms with Crippen LogP contribution >= 0.6 is 12.6 Å². The summed E-state index contributed by atoms with van der Waals surface area (Å²) in [6, 6.07) is 7.22. The van der Waals surface area contributed by atoms with Crippen LogP contribution in [0.1, 0.15) is 17.3 Å². The van der Waals surface area contributed by atoms with Crippen molar-refractivity contribution in [2.24, 2.45) is 0 Å². The number of carbonyl (C=O) groups excluding carboxylic acids is 2. The van der Waals surface area contributed by atoms with Crippen LogP contribution in [0.5, 0.6) is 0 Å². The first-order chi connectivity index (χ1) is 8.58. The Morgan fingerprint density at radius 2 is 1.72 bits per heavy atom. The maximum absolute atomic E-state index is 12.2. The van der Waals surface area contributed by atoms with Gasteiger partial charge in [-0.25, -0.2) is 0 Å². The Hall–Kier alpha value is -1.49. The lowest BCUT2D eigenvalue weighted by atomic mass is 10.2. The van der Waals surface area contributed by atoms with Gasteiger partial charge in [-0.2, -0.15) is 0 Å². The number of carbonyl (C=O) groups is 2. The first-order valence-electron chi connectivity index (χ1n) is 5.92. The standard InChI is InChI=1S/C13H16N2O2S/c1-10(16)14-5-7-15(8-6-14)13(17)11-3-2-4-12(18)9-11/h2-4,9,18H,5-8H2,1H3. The number of benzene rings is 1. The van der Waals surface area contributed by atoms with E-state index in [-0.39, 0.29) is 11.8 Å². The highest BCUT2D eigenvalue weighted by molar-refractivity contribution is 7.80. The topological polar surface area (TPSA) is 40.6 Å². The van der Waals surface area contributed by atoms with Gasteiger partial charge in [0.25, 0.3) is 5.91 Å². The molecule has 0 spiro atoms. The summed E-state index contributed by atoms with van der Waals surface area (Å²) in [4.78, 5) is 27.7. The van der Waals surface area contributed by atoms with Gasteiger partial charge >= 0.3 is 0 Å². The smallest absolute Gasteiger partial charge is 0.254 e. The van der Waals surface area contributed by atoms with Gasteiger partial charge in [-0.05, 0) is 18.2 Å². The van der Waals surface area contributed by atoms with Gasteiger partial charge in [0.2, 0.25) is 5.91 Å². The highest BCUT2D eigenvalue weighted by atomic mass is 32.1. The van der Waals surface area contributed by atoms with E-state index in [9.17, 15) is 9.59 Å². The third kappa shape index (κ3) is 2.85. The van der Waals surface area contributed by atoms with Gasteiger partial charge in [0.1, 0.15) is 0 Å². The Labute approximate surface area is 112 Å². The van der Waals surface area contributed by atoms with Crippen molar-refractivity contribution >= 4 is 24.4 Å². The fourth-order valence-electron chi connectivity index (χ4n) is 2.05. The number of hydrogen-bond acceptors (Lipinski definition) is 3. The van der Waals surface area contributed by atoms with E-state index >= 15 is 0 Å². The molecular weight excluding hydrogens is 248 g/mol. The maximum atomic E-state index is 12.2. The van der Waals surface area contributed by atoms with Crippen LogP contribution in [0.15, 0.2) is 29.2 Å².